The molecule has 1 spiro atoms. The SMILES string of the molecule is C=N/C(=N\N(C)COC(=O)C(C)(C)C)c1ccc2c(c1)C(=O)CC1(CCN(C(=O)c3cc(-c4ncn[nH]4)cc(N4CCCC4)c3)CC1)O2. The zero-order valence-electron chi connectivity index (χ0n) is 28.0. The molecule has 0 unspecified atom stereocenters. The van der Waals surface area contributed by atoms with Gasteiger partial charge in [-0.15, -0.1) is 0 Å². The van der Waals surface area contributed by atoms with Gasteiger partial charge in [-0.1, -0.05) is 0 Å². The Balaban J connectivity index is 1.13. The molecule has 6 rings (SSSR count). The lowest BCUT2D eigenvalue weighted by Gasteiger charge is -2.44. The van der Waals surface area contributed by atoms with Gasteiger partial charge in [-0.05, 0) is 76.7 Å². The summed E-state index contributed by atoms with van der Waals surface area (Å²) in [6.07, 6.45) is 4.99. The van der Waals surface area contributed by atoms with Crippen LogP contribution in [0.5, 0.6) is 5.75 Å². The number of hydrogen-bond donors (Lipinski definition) is 1. The topological polar surface area (TPSA) is 146 Å². The standard InChI is InChI=1S/C35H42N8O5/c1-34(2,3)33(46)47-22-41(5)40-30(36-4)23-8-9-29-27(19-23)28(44)20-35(48-29)10-14-43(15-11-35)32(45)25-16-24(31-37-21-38-39-31)17-26(18-25)42-12-6-7-13-42/h8-9,16-19,21H,4,6-7,10-15,20,22H2,1-3,5H3,(H,37,38,39)/b40-30-. The molecule has 2 aromatic carbocycles. The predicted molar refractivity (Wildman–Crippen MR) is 181 cm³/mol. The molecule has 0 bridgehead atoms. The summed E-state index contributed by atoms with van der Waals surface area (Å²) in [5, 5.41) is 12.8. The van der Waals surface area contributed by atoms with Gasteiger partial charge in [-0.25, -0.2) is 9.98 Å². The molecule has 1 aromatic heterocycles. The van der Waals surface area contributed by atoms with Crippen LogP contribution >= 0.6 is 0 Å². The summed E-state index contributed by atoms with van der Waals surface area (Å²) in [5.74, 6) is 0.967. The van der Waals surface area contributed by atoms with Gasteiger partial charge in [0, 0.05) is 68.4 Å². The van der Waals surface area contributed by atoms with Crippen molar-refractivity contribution in [1.82, 2.24) is 25.1 Å². The summed E-state index contributed by atoms with van der Waals surface area (Å²) in [4.78, 5) is 52.0. The van der Waals surface area contributed by atoms with Crippen LogP contribution in [-0.2, 0) is 9.53 Å². The number of hydrogen-bond acceptors (Lipinski definition) is 10. The Kier molecular flexibility index (Phi) is 9.04. The second-order valence-corrected chi connectivity index (χ2v) is 13.7. The fourth-order valence-electron chi connectivity index (χ4n) is 6.33. The molecule has 13 heteroatoms. The summed E-state index contributed by atoms with van der Waals surface area (Å²) in [5.41, 5.74) is 2.16. The summed E-state index contributed by atoms with van der Waals surface area (Å²) < 4.78 is 11.9. The number of Topliss-reactive ketones (excluding diaryl/α,β-unsaturated/α-hetero) is 1. The minimum absolute atomic E-state index is 0.0382. The molecule has 3 aliphatic rings. The van der Waals surface area contributed by atoms with Crippen LogP contribution in [0.25, 0.3) is 11.4 Å². The number of aromatic nitrogens is 3. The van der Waals surface area contributed by atoms with Crippen LogP contribution in [0.3, 0.4) is 0 Å². The number of amidine groups is 1. The maximum absolute atomic E-state index is 13.8. The van der Waals surface area contributed by atoms with E-state index in [1.165, 1.54) is 11.3 Å². The van der Waals surface area contributed by atoms with E-state index in [0.29, 0.717) is 54.2 Å². The number of carbonyl (C=O) groups is 3. The van der Waals surface area contributed by atoms with E-state index in [-0.39, 0.29) is 36.6 Å². The maximum atomic E-state index is 13.8. The number of rotatable bonds is 7. The van der Waals surface area contributed by atoms with Crippen molar-refractivity contribution in [2.75, 3.05) is 44.9 Å². The maximum Gasteiger partial charge on any atom is 0.312 e. The molecule has 2 saturated heterocycles. The fourth-order valence-corrected chi connectivity index (χ4v) is 6.33. The van der Waals surface area contributed by atoms with Crippen molar-refractivity contribution >= 4 is 35.9 Å². The highest BCUT2D eigenvalue weighted by Crippen LogP contribution is 2.40. The molecule has 0 radical (unpaired) electrons. The molecule has 0 aliphatic carbocycles. The van der Waals surface area contributed by atoms with E-state index in [1.807, 2.05) is 17.0 Å². The lowest BCUT2D eigenvalue weighted by atomic mass is 9.82. The number of esters is 1. The van der Waals surface area contributed by atoms with Crippen LogP contribution in [0, 0.1) is 5.41 Å². The van der Waals surface area contributed by atoms with Gasteiger partial charge in [0.15, 0.2) is 24.2 Å². The molecule has 1 N–H and O–H groups in total. The number of H-pyrrole nitrogens is 1. The predicted octanol–water partition coefficient (Wildman–Crippen LogP) is 4.55. The summed E-state index contributed by atoms with van der Waals surface area (Å²) in [6.45, 7) is 11.8. The minimum atomic E-state index is -0.685. The molecule has 13 nitrogen and oxygen atoms in total. The molecule has 3 aliphatic heterocycles. The number of aromatic amines is 1. The monoisotopic (exact) mass is 654 g/mol. The summed E-state index contributed by atoms with van der Waals surface area (Å²) in [7, 11) is 1.66. The Morgan fingerprint density at radius 1 is 1.08 bits per heavy atom. The van der Waals surface area contributed by atoms with Gasteiger partial charge in [0.1, 0.15) is 17.7 Å². The van der Waals surface area contributed by atoms with E-state index in [2.05, 4.69) is 43.0 Å². The van der Waals surface area contributed by atoms with Crippen molar-refractivity contribution in [2.24, 2.45) is 15.5 Å². The summed E-state index contributed by atoms with van der Waals surface area (Å²) in [6, 6.07) is 11.2. The number of likely N-dealkylation sites (tertiary alicyclic amines) is 1. The van der Waals surface area contributed by atoms with Gasteiger partial charge in [0.05, 0.1) is 17.4 Å². The first-order valence-electron chi connectivity index (χ1n) is 16.3. The molecule has 0 saturated carbocycles. The second kappa shape index (κ2) is 13.2. The number of ketones is 1. The number of ether oxygens (including phenoxy) is 2. The summed E-state index contributed by atoms with van der Waals surface area (Å²) >= 11 is 0. The molecular weight excluding hydrogens is 612 g/mol. The van der Waals surface area contributed by atoms with E-state index < -0.39 is 11.0 Å². The first kappa shape index (κ1) is 32.9. The van der Waals surface area contributed by atoms with E-state index >= 15 is 0 Å². The molecular formula is C35H42N8O5. The number of carbonyl (C=O) groups excluding carboxylic acids is 3. The minimum Gasteiger partial charge on any atom is -0.486 e. The average molecular weight is 655 g/mol. The number of hydrazone groups is 1. The Morgan fingerprint density at radius 3 is 2.50 bits per heavy atom. The highest BCUT2D eigenvalue weighted by Gasteiger charge is 2.44. The first-order chi connectivity index (χ1) is 22.9. The molecule has 1 amide bonds. The van der Waals surface area contributed by atoms with E-state index in [4.69, 9.17) is 9.47 Å². The van der Waals surface area contributed by atoms with Crippen LogP contribution in [0.4, 0.5) is 5.69 Å². The van der Waals surface area contributed by atoms with Crippen LogP contribution in [0.15, 0.2) is 52.8 Å². The van der Waals surface area contributed by atoms with Crippen molar-refractivity contribution < 1.29 is 23.9 Å². The fraction of sp³-hybridized carbons (Fsp3) is 0.457. The van der Waals surface area contributed by atoms with Crippen molar-refractivity contribution in [3.05, 3.63) is 59.4 Å². The number of amides is 1. The normalized spacial score (nSPS) is 17.6. The molecule has 3 aromatic rings. The van der Waals surface area contributed by atoms with Crippen LogP contribution in [0.2, 0.25) is 0 Å². The van der Waals surface area contributed by atoms with Crippen molar-refractivity contribution in [3.8, 4) is 17.1 Å². The quantitative estimate of drug-likeness (QED) is 0.127. The lowest BCUT2D eigenvalue weighted by Crippen LogP contribution is -2.52. The average Bonchev–Trinajstić information content (AvgIpc) is 3.81. The second-order valence-electron chi connectivity index (χ2n) is 13.7. The molecule has 0 atom stereocenters. The van der Waals surface area contributed by atoms with Gasteiger partial charge in [0.2, 0.25) is 0 Å². The smallest absolute Gasteiger partial charge is 0.312 e. The van der Waals surface area contributed by atoms with Crippen LogP contribution in [0.1, 0.15) is 79.2 Å². The van der Waals surface area contributed by atoms with Crippen molar-refractivity contribution in [2.45, 2.75) is 58.5 Å². The van der Waals surface area contributed by atoms with Gasteiger partial charge in [-0.2, -0.15) is 10.2 Å². The van der Waals surface area contributed by atoms with Gasteiger partial charge < -0.3 is 19.3 Å². The molecule has 48 heavy (non-hydrogen) atoms. The number of nitrogens with zero attached hydrogens (tertiary/aromatic N) is 7. The number of anilines is 1. The zero-order valence-corrected chi connectivity index (χ0v) is 28.0. The molecule has 4 heterocycles. The third-order valence-electron chi connectivity index (χ3n) is 9.04. The molecule has 2 fully saturated rings. The van der Waals surface area contributed by atoms with E-state index in [9.17, 15) is 14.4 Å². The van der Waals surface area contributed by atoms with E-state index in [0.717, 1.165) is 37.2 Å². The van der Waals surface area contributed by atoms with Crippen LogP contribution in [-0.4, -0.2) is 101 Å². The number of nitrogens with one attached hydrogen (secondary N) is 1. The molecule has 252 valence electrons. The number of fused-ring (bicyclic) bond motifs is 1. The Bertz CT molecular complexity index is 1730. The third kappa shape index (κ3) is 6.95. The Hall–Kier alpha value is -5.07. The highest BCUT2D eigenvalue weighted by molar-refractivity contribution is 6.06. The number of benzene rings is 2. The lowest BCUT2D eigenvalue weighted by molar-refractivity contribution is -0.157. The van der Waals surface area contributed by atoms with Gasteiger partial charge in [0.25, 0.3) is 5.91 Å². The number of aliphatic imine (C=N–C) groups is 1. The zero-order chi connectivity index (χ0) is 34.1. The van der Waals surface area contributed by atoms with Crippen molar-refractivity contribution in [3.63, 3.8) is 0 Å². The third-order valence-corrected chi connectivity index (χ3v) is 9.04. The Labute approximate surface area is 280 Å². The van der Waals surface area contributed by atoms with E-state index in [1.54, 1.807) is 46.0 Å². The number of piperidine rings is 1. The van der Waals surface area contributed by atoms with Gasteiger partial charge in [-0.3, -0.25) is 24.5 Å². The largest absolute Gasteiger partial charge is 0.486 e. The van der Waals surface area contributed by atoms with Crippen LogP contribution < -0.4 is 9.64 Å². The Morgan fingerprint density at radius 2 is 1.83 bits per heavy atom. The van der Waals surface area contributed by atoms with Gasteiger partial charge >= 0.3 is 5.97 Å². The highest BCUT2D eigenvalue weighted by atomic mass is 16.5. The van der Waals surface area contributed by atoms with Crippen molar-refractivity contribution in [1.29, 1.82) is 0 Å². The first-order valence-corrected chi connectivity index (χ1v) is 16.3.